The smallest absolute Gasteiger partial charge is 0.151 e. The third-order valence-corrected chi connectivity index (χ3v) is 13.6. The van der Waals surface area contributed by atoms with Crippen molar-refractivity contribution in [3.8, 4) is 34.4 Å². The number of rotatable bonds is 4. The molecule has 15 rings (SSSR count). The normalized spacial score (nSPS) is 12.9. The Hall–Kier alpha value is -9.40. The van der Waals surface area contributed by atoms with E-state index in [0.29, 0.717) is 0 Å². The number of nitrogens with zero attached hydrogens (tertiary/aromatic N) is 6. The largest absolute Gasteiger partial charge is 0.453 e. The number of aromatic nitrogens is 4. The van der Waals surface area contributed by atoms with Gasteiger partial charge in [0.1, 0.15) is 11.0 Å². The van der Waals surface area contributed by atoms with Crippen molar-refractivity contribution in [2.45, 2.75) is 0 Å². The molecule has 0 atom stereocenters. The molecule has 10 aromatic carbocycles. The first-order chi connectivity index (χ1) is 33.7. The fourth-order valence-electron chi connectivity index (χ4n) is 10.7. The van der Waals surface area contributed by atoms with Crippen LogP contribution in [0, 0.1) is 0 Å². The summed E-state index contributed by atoms with van der Waals surface area (Å²) >= 11 is 0. The first-order valence-corrected chi connectivity index (χ1v) is 22.8. The van der Waals surface area contributed by atoms with Crippen LogP contribution in [-0.4, -0.2) is 19.1 Å². The van der Waals surface area contributed by atoms with Crippen molar-refractivity contribution in [1.82, 2.24) is 19.1 Å². The van der Waals surface area contributed by atoms with Gasteiger partial charge in [0.05, 0.1) is 67.2 Å². The number of para-hydroxylation sites is 12. The van der Waals surface area contributed by atoms with E-state index in [9.17, 15) is 0 Å². The second-order valence-corrected chi connectivity index (χ2v) is 17.4. The molecule has 318 valence electrons. The summed E-state index contributed by atoms with van der Waals surface area (Å²) in [5.41, 5.74) is 15.6. The van der Waals surface area contributed by atoms with E-state index in [1.54, 1.807) is 0 Å². The molecule has 0 amide bonds. The molecule has 13 aromatic rings. The molecule has 0 saturated heterocycles. The summed E-state index contributed by atoms with van der Waals surface area (Å²) in [7, 11) is 0. The average Bonchev–Trinajstić information content (AvgIpc) is 3.90. The van der Waals surface area contributed by atoms with Crippen LogP contribution in [0.15, 0.2) is 218 Å². The molecular formula is C60H36N6O2. The zero-order chi connectivity index (χ0) is 44.5. The Bertz CT molecular complexity index is 3900. The molecule has 8 nitrogen and oxygen atoms in total. The van der Waals surface area contributed by atoms with Gasteiger partial charge in [-0.2, -0.15) is 0 Å². The van der Waals surface area contributed by atoms with Crippen LogP contribution in [0.25, 0.3) is 77.1 Å². The molecule has 2 aliphatic rings. The van der Waals surface area contributed by atoms with Crippen molar-refractivity contribution in [3.05, 3.63) is 218 Å². The quantitative estimate of drug-likeness (QED) is 0.164. The van der Waals surface area contributed by atoms with E-state index in [1.807, 2.05) is 60.7 Å². The molecule has 0 N–H and O–H groups in total. The topological polar surface area (TPSA) is 60.6 Å². The number of ether oxygens (including phenoxy) is 2. The Balaban J connectivity index is 0.953. The van der Waals surface area contributed by atoms with E-state index in [0.717, 1.165) is 134 Å². The summed E-state index contributed by atoms with van der Waals surface area (Å²) in [5.74, 6) is 3.29. The van der Waals surface area contributed by atoms with Crippen LogP contribution in [0.2, 0.25) is 0 Å². The maximum Gasteiger partial charge on any atom is 0.151 e. The Labute approximate surface area is 389 Å². The Morgan fingerprint density at radius 3 is 1.03 bits per heavy atom. The lowest BCUT2D eigenvalue weighted by molar-refractivity contribution is 0.477. The van der Waals surface area contributed by atoms with Crippen LogP contribution in [-0.2, 0) is 0 Å². The van der Waals surface area contributed by atoms with Crippen molar-refractivity contribution >= 4 is 99.8 Å². The zero-order valence-electron chi connectivity index (χ0n) is 36.3. The monoisotopic (exact) mass is 872 g/mol. The van der Waals surface area contributed by atoms with Gasteiger partial charge in [-0.15, -0.1) is 0 Å². The molecule has 2 aliphatic heterocycles. The Morgan fingerprint density at radius 2 is 0.618 bits per heavy atom. The van der Waals surface area contributed by atoms with E-state index in [4.69, 9.17) is 19.4 Å². The first-order valence-electron chi connectivity index (χ1n) is 22.8. The number of hydrogen-bond donors (Lipinski definition) is 0. The molecule has 0 unspecified atom stereocenters. The van der Waals surface area contributed by atoms with Gasteiger partial charge in [0, 0.05) is 32.9 Å². The Morgan fingerprint density at radius 1 is 0.279 bits per heavy atom. The van der Waals surface area contributed by atoms with Crippen LogP contribution < -0.4 is 19.3 Å². The van der Waals surface area contributed by atoms with E-state index in [1.165, 1.54) is 0 Å². The SMILES string of the molecule is c1ccc2c(c1)Oc1ccccc1N2c1ccc2c(c1)c1ccccc1n2-c1ccc(-n2c3ccccc3c3cc(N4c5ccccc5Oc5ccccc54)ccc32)c2nc3ccccc3nc12. The molecule has 0 spiro atoms. The highest BCUT2D eigenvalue weighted by atomic mass is 16.5. The van der Waals surface area contributed by atoms with Crippen molar-refractivity contribution < 1.29 is 9.47 Å². The van der Waals surface area contributed by atoms with E-state index in [2.05, 4.69) is 177 Å². The molecule has 68 heavy (non-hydrogen) atoms. The van der Waals surface area contributed by atoms with E-state index in [-0.39, 0.29) is 0 Å². The number of hydrogen-bond acceptors (Lipinski definition) is 6. The van der Waals surface area contributed by atoms with Crippen molar-refractivity contribution in [2.24, 2.45) is 0 Å². The summed E-state index contributed by atoms with van der Waals surface area (Å²) in [6.45, 7) is 0. The van der Waals surface area contributed by atoms with Crippen LogP contribution in [0.4, 0.5) is 34.1 Å². The summed E-state index contributed by atoms with van der Waals surface area (Å²) in [4.78, 5) is 15.6. The predicted octanol–water partition coefficient (Wildman–Crippen LogP) is 16.1. The standard InChI is InChI=1S/C60H36N6O2/c1-5-19-45-39(15-1)41-35-37(63-49-21-7-11-25-55(49)67-56-26-12-8-22-50(56)63)29-31-47(41)65(45)53-33-34-54(60-59(53)61-43-17-3-4-18-44(43)62-60)66-46-20-6-2-16-40(46)42-36-38(30-32-48(42)66)64-51-23-9-13-27-57(51)68-58-28-14-10-24-52(58)64/h1-36H. The first kappa shape index (κ1) is 36.9. The molecule has 0 fully saturated rings. The molecule has 0 bridgehead atoms. The predicted molar refractivity (Wildman–Crippen MR) is 275 cm³/mol. The molecular weight excluding hydrogens is 837 g/mol. The van der Waals surface area contributed by atoms with Crippen molar-refractivity contribution in [3.63, 3.8) is 0 Å². The van der Waals surface area contributed by atoms with E-state index < -0.39 is 0 Å². The lowest BCUT2D eigenvalue weighted by Gasteiger charge is -2.32. The molecule has 3 aromatic heterocycles. The fraction of sp³-hybridized carbons (Fsp3) is 0. The van der Waals surface area contributed by atoms with Gasteiger partial charge < -0.3 is 28.4 Å². The minimum absolute atomic E-state index is 0.813. The van der Waals surface area contributed by atoms with Gasteiger partial charge in [-0.3, -0.25) is 0 Å². The summed E-state index contributed by atoms with van der Waals surface area (Å²) in [6, 6.07) is 76.4. The number of benzene rings is 10. The zero-order valence-corrected chi connectivity index (χ0v) is 36.3. The van der Waals surface area contributed by atoms with Gasteiger partial charge in [-0.05, 0) is 121 Å². The molecule has 0 radical (unpaired) electrons. The van der Waals surface area contributed by atoms with Gasteiger partial charge in [0.25, 0.3) is 0 Å². The minimum atomic E-state index is 0.813. The fourth-order valence-corrected chi connectivity index (χ4v) is 10.7. The highest BCUT2D eigenvalue weighted by Gasteiger charge is 2.29. The van der Waals surface area contributed by atoms with Gasteiger partial charge >= 0.3 is 0 Å². The van der Waals surface area contributed by atoms with Crippen LogP contribution in [0.1, 0.15) is 0 Å². The summed E-state index contributed by atoms with van der Waals surface area (Å²) in [6.07, 6.45) is 0. The molecule has 0 saturated carbocycles. The number of anilines is 6. The molecule has 8 heteroatoms. The van der Waals surface area contributed by atoms with Gasteiger partial charge in [-0.25, -0.2) is 9.97 Å². The summed E-state index contributed by atoms with van der Waals surface area (Å²) in [5, 5.41) is 4.56. The Kier molecular flexibility index (Phi) is 7.62. The van der Waals surface area contributed by atoms with Crippen molar-refractivity contribution in [1.29, 1.82) is 0 Å². The van der Waals surface area contributed by atoms with Gasteiger partial charge in [0.15, 0.2) is 23.0 Å². The second-order valence-electron chi connectivity index (χ2n) is 17.4. The van der Waals surface area contributed by atoms with Crippen molar-refractivity contribution in [2.75, 3.05) is 9.80 Å². The maximum atomic E-state index is 6.39. The summed E-state index contributed by atoms with van der Waals surface area (Å²) < 4.78 is 17.5. The molecule has 0 aliphatic carbocycles. The number of fused-ring (bicyclic) bond motifs is 12. The maximum absolute atomic E-state index is 6.39. The third-order valence-electron chi connectivity index (χ3n) is 13.6. The van der Waals surface area contributed by atoms with E-state index >= 15 is 0 Å². The minimum Gasteiger partial charge on any atom is -0.453 e. The van der Waals surface area contributed by atoms with Crippen LogP contribution >= 0.6 is 0 Å². The highest BCUT2D eigenvalue weighted by molar-refractivity contribution is 6.14. The average molecular weight is 873 g/mol. The molecule has 5 heterocycles. The lowest BCUT2D eigenvalue weighted by atomic mass is 10.1. The van der Waals surface area contributed by atoms with Crippen LogP contribution in [0.3, 0.4) is 0 Å². The lowest BCUT2D eigenvalue weighted by Crippen LogP contribution is -2.15. The highest BCUT2D eigenvalue weighted by Crippen LogP contribution is 2.53. The van der Waals surface area contributed by atoms with Crippen LogP contribution in [0.5, 0.6) is 23.0 Å². The third kappa shape index (κ3) is 5.25. The second kappa shape index (κ2) is 14.1. The van der Waals surface area contributed by atoms with Gasteiger partial charge in [-0.1, -0.05) is 97.1 Å². The van der Waals surface area contributed by atoms with Gasteiger partial charge in [0.2, 0.25) is 0 Å².